The average molecular weight is 585 g/mol. The lowest BCUT2D eigenvalue weighted by Gasteiger charge is -2.15. The summed E-state index contributed by atoms with van der Waals surface area (Å²) < 4.78 is 5.61. The maximum atomic E-state index is 13.2. The maximum Gasteiger partial charge on any atom is 0.535 e. The lowest BCUT2D eigenvalue weighted by atomic mass is 9.95. The smallest absolute Gasteiger partial charge is 0.432 e. The Labute approximate surface area is 249 Å². The quantitative estimate of drug-likeness (QED) is 0.122. The minimum Gasteiger partial charge on any atom is -0.432 e. The second kappa shape index (κ2) is 13.9. The molecule has 1 aromatic heterocycles. The SMILES string of the molecule is CCCNC(=O)CCCc1ccc2c(c1)C(COC(=O)On1nnc3ccccc31)c1cccc(C(=O)NCCCN)c1-2. The summed E-state index contributed by atoms with van der Waals surface area (Å²) in [4.78, 5) is 44.4. The van der Waals surface area contributed by atoms with Crippen molar-refractivity contribution in [2.75, 3.05) is 26.2 Å². The van der Waals surface area contributed by atoms with E-state index < -0.39 is 6.16 Å². The van der Waals surface area contributed by atoms with Gasteiger partial charge in [-0.1, -0.05) is 54.2 Å². The van der Waals surface area contributed by atoms with E-state index in [1.165, 1.54) is 0 Å². The Kier molecular flexibility index (Phi) is 9.63. The highest BCUT2D eigenvalue weighted by atomic mass is 16.8. The van der Waals surface area contributed by atoms with Crippen molar-refractivity contribution >= 4 is 29.0 Å². The van der Waals surface area contributed by atoms with E-state index in [9.17, 15) is 14.4 Å². The van der Waals surface area contributed by atoms with E-state index in [1.807, 2.05) is 37.3 Å². The van der Waals surface area contributed by atoms with E-state index in [1.54, 1.807) is 24.3 Å². The number of amides is 2. The number of nitrogens with zero attached hydrogens (tertiary/aromatic N) is 3. The molecular formula is C32H36N6O5. The number of hydrogen-bond acceptors (Lipinski definition) is 8. The second-order valence-electron chi connectivity index (χ2n) is 10.4. The van der Waals surface area contributed by atoms with Crippen LogP contribution in [0.5, 0.6) is 0 Å². The number of benzene rings is 3. The Bertz CT molecular complexity index is 1620. The fourth-order valence-corrected chi connectivity index (χ4v) is 5.35. The van der Waals surface area contributed by atoms with Crippen LogP contribution in [0.4, 0.5) is 4.79 Å². The summed E-state index contributed by atoms with van der Waals surface area (Å²) in [6.07, 6.45) is 2.52. The largest absolute Gasteiger partial charge is 0.535 e. The molecular weight excluding hydrogens is 548 g/mol. The topological polar surface area (TPSA) is 150 Å². The molecule has 5 rings (SSSR count). The molecule has 0 spiro atoms. The van der Waals surface area contributed by atoms with E-state index in [4.69, 9.17) is 15.3 Å². The fourth-order valence-electron chi connectivity index (χ4n) is 5.35. The third-order valence-electron chi connectivity index (χ3n) is 7.44. The number of aryl methyl sites for hydroxylation is 1. The van der Waals surface area contributed by atoms with E-state index in [0.29, 0.717) is 61.9 Å². The maximum absolute atomic E-state index is 13.2. The summed E-state index contributed by atoms with van der Waals surface area (Å²) >= 11 is 0. The Morgan fingerprint density at radius 2 is 1.84 bits per heavy atom. The highest BCUT2D eigenvalue weighted by molar-refractivity contribution is 6.03. The summed E-state index contributed by atoms with van der Waals surface area (Å²) in [6, 6.07) is 18.8. The highest BCUT2D eigenvalue weighted by Gasteiger charge is 2.33. The number of fused-ring (bicyclic) bond motifs is 4. The summed E-state index contributed by atoms with van der Waals surface area (Å²) in [5.74, 6) is -0.460. The highest BCUT2D eigenvalue weighted by Crippen LogP contribution is 2.47. The predicted molar refractivity (Wildman–Crippen MR) is 161 cm³/mol. The number of hydrogen-bond donors (Lipinski definition) is 3. The molecule has 2 amide bonds. The van der Waals surface area contributed by atoms with Crippen LogP contribution in [0.25, 0.3) is 22.2 Å². The molecule has 11 heteroatoms. The van der Waals surface area contributed by atoms with Gasteiger partial charge in [-0.3, -0.25) is 14.4 Å². The van der Waals surface area contributed by atoms with Gasteiger partial charge in [-0.05, 0) is 83.5 Å². The number of nitrogens with one attached hydrogen (secondary N) is 2. The van der Waals surface area contributed by atoms with Crippen molar-refractivity contribution in [3.8, 4) is 11.1 Å². The Morgan fingerprint density at radius 3 is 2.67 bits per heavy atom. The van der Waals surface area contributed by atoms with Crippen LogP contribution in [0.3, 0.4) is 0 Å². The molecule has 0 aliphatic heterocycles. The number of carbonyl (C=O) groups excluding carboxylic acids is 3. The number of ether oxygens (including phenoxy) is 1. The monoisotopic (exact) mass is 584 g/mol. The molecule has 11 nitrogen and oxygen atoms in total. The molecule has 0 saturated heterocycles. The van der Waals surface area contributed by atoms with Gasteiger partial charge in [0.1, 0.15) is 17.6 Å². The third kappa shape index (κ3) is 6.83. The first-order valence-corrected chi connectivity index (χ1v) is 14.7. The molecule has 0 radical (unpaired) electrons. The van der Waals surface area contributed by atoms with Crippen LogP contribution in [0, 0.1) is 0 Å². The number of para-hydroxylation sites is 1. The van der Waals surface area contributed by atoms with Crippen molar-refractivity contribution in [3.05, 3.63) is 82.9 Å². The molecule has 4 N–H and O–H groups in total. The average Bonchev–Trinajstić information content (AvgIpc) is 3.57. The molecule has 1 heterocycles. The van der Waals surface area contributed by atoms with Gasteiger partial charge in [-0.25, -0.2) is 4.79 Å². The lowest BCUT2D eigenvalue weighted by molar-refractivity contribution is -0.121. The standard InChI is InChI=1S/C32H36N6O5/c1-2-17-34-29(39)13-5-8-21-14-15-23-25(19-21)26(22-9-6-10-24(30(22)23)31(40)35-18-7-16-33)20-42-32(41)43-38-28-12-4-3-11-27(28)36-37-38/h3-4,6,9-12,14-15,19,26H,2,5,7-8,13,16-18,20,33H2,1H3,(H,34,39)(H,35,40). The zero-order valence-electron chi connectivity index (χ0n) is 24.2. The van der Waals surface area contributed by atoms with Gasteiger partial charge in [-0.2, -0.15) is 0 Å². The molecule has 0 fully saturated rings. The Morgan fingerprint density at radius 1 is 0.977 bits per heavy atom. The van der Waals surface area contributed by atoms with Crippen molar-refractivity contribution in [2.24, 2.45) is 5.73 Å². The second-order valence-corrected chi connectivity index (χ2v) is 10.4. The van der Waals surface area contributed by atoms with Crippen LogP contribution in [-0.4, -0.2) is 59.4 Å². The van der Waals surface area contributed by atoms with Gasteiger partial charge in [0.25, 0.3) is 5.91 Å². The summed E-state index contributed by atoms with van der Waals surface area (Å²) in [6.45, 7) is 3.65. The zero-order valence-corrected chi connectivity index (χ0v) is 24.2. The minimum atomic E-state index is -0.921. The molecule has 1 unspecified atom stereocenters. The first-order valence-electron chi connectivity index (χ1n) is 14.7. The Balaban J connectivity index is 1.37. The van der Waals surface area contributed by atoms with E-state index in [2.05, 4.69) is 27.0 Å². The van der Waals surface area contributed by atoms with Gasteiger partial charge in [0, 0.05) is 31.0 Å². The molecule has 3 aromatic carbocycles. The van der Waals surface area contributed by atoms with Crippen LogP contribution >= 0.6 is 0 Å². The van der Waals surface area contributed by atoms with Gasteiger partial charge in [0.15, 0.2) is 0 Å². The number of carbonyl (C=O) groups is 3. The minimum absolute atomic E-state index is 0.00736. The summed E-state index contributed by atoms with van der Waals surface area (Å²) in [5.41, 5.74) is 11.9. The van der Waals surface area contributed by atoms with E-state index in [-0.39, 0.29) is 24.3 Å². The van der Waals surface area contributed by atoms with Gasteiger partial charge >= 0.3 is 6.16 Å². The first-order chi connectivity index (χ1) is 21.0. The van der Waals surface area contributed by atoms with Crippen LogP contribution in [0.15, 0.2) is 60.7 Å². The summed E-state index contributed by atoms with van der Waals surface area (Å²) in [5, 5.41) is 13.7. The van der Waals surface area contributed by atoms with E-state index >= 15 is 0 Å². The van der Waals surface area contributed by atoms with Gasteiger partial charge in [0.05, 0.1) is 0 Å². The normalized spacial score (nSPS) is 13.3. The zero-order chi connectivity index (χ0) is 30.2. The fraction of sp³-hybridized carbons (Fsp3) is 0.344. The van der Waals surface area contributed by atoms with Crippen molar-refractivity contribution in [3.63, 3.8) is 0 Å². The van der Waals surface area contributed by atoms with Crippen LogP contribution in [0.2, 0.25) is 0 Å². The van der Waals surface area contributed by atoms with Crippen molar-refractivity contribution in [2.45, 2.75) is 44.9 Å². The lowest BCUT2D eigenvalue weighted by Crippen LogP contribution is -2.26. The molecule has 1 atom stereocenters. The third-order valence-corrected chi connectivity index (χ3v) is 7.44. The molecule has 4 aromatic rings. The van der Waals surface area contributed by atoms with Crippen LogP contribution in [0.1, 0.15) is 65.6 Å². The van der Waals surface area contributed by atoms with Gasteiger partial charge in [-0.15, -0.1) is 5.10 Å². The number of nitrogens with two attached hydrogens (primary N) is 1. The molecule has 224 valence electrons. The summed E-state index contributed by atoms with van der Waals surface area (Å²) in [7, 11) is 0. The van der Waals surface area contributed by atoms with E-state index in [0.717, 1.165) is 39.1 Å². The molecule has 1 aliphatic carbocycles. The van der Waals surface area contributed by atoms with Crippen LogP contribution < -0.4 is 21.2 Å². The number of rotatable bonds is 13. The Hall–Kier alpha value is -4.77. The van der Waals surface area contributed by atoms with Crippen molar-refractivity contribution in [1.82, 2.24) is 25.8 Å². The van der Waals surface area contributed by atoms with Crippen molar-refractivity contribution < 1.29 is 24.0 Å². The van der Waals surface area contributed by atoms with Gasteiger partial charge in [0.2, 0.25) is 5.91 Å². The molecule has 43 heavy (non-hydrogen) atoms. The number of aromatic nitrogens is 3. The molecule has 0 bridgehead atoms. The molecule has 0 saturated carbocycles. The molecule has 1 aliphatic rings. The van der Waals surface area contributed by atoms with Crippen LogP contribution in [-0.2, 0) is 16.0 Å². The van der Waals surface area contributed by atoms with Crippen molar-refractivity contribution in [1.29, 1.82) is 0 Å². The first kappa shape index (κ1) is 29.7. The van der Waals surface area contributed by atoms with Gasteiger partial charge < -0.3 is 21.1 Å². The predicted octanol–water partition coefficient (Wildman–Crippen LogP) is 3.74.